The van der Waals surface area contributed by atoms with E-state index in [0.29, 0.717) is 10.9 Å². The first-order valence-corrected chi connectivity index (χ1v) is 7.52. The number of nitrogens with one attached hydrogen (secondary N) is 1. The van der Waals surface area contributed by atoms with Gasteiger partial charge in [-0.3, -0.25) is 4.90 Å². The Kier molecular flexibility index (Phi) is 5.21. The third-order valence-electron chi connectivity index (χ3n) is 3.26. The van der Waals surface area contributed by atoms with Gasteiger partial charge in [0.1, 0.15) is 0 Å². The summed E-state index contributed by atoms with van der Waals surface area (Å²) in [5.74, 6) is 0.469. The molecule has 6 nitrogen and oxygen atoms in total. The average Bonchev–Trinajstić information content (AvgIpc) is 2.98. The first-order valence-electron chi connectivity index (χ1n) is 6.75. The van der Waals surface area contributed by atoms with Gasteiger partial charge in [0.2, 0.25) is 10.9 Å². The number of nitrogens with zero attached hydrogens (tertiary/aromatic N) is 2. The zero-order valence-corrected chi connectivity index (χ0v) is 13.8. The molecule has 0 bridgehead atoms. The summed E-state index contributed by atoms with van der Waals surface area (Å²) in [4.78, 5) is 13.9. The monoisotopic (exact) mass is 321 g/mol. The molecule has 1 N–H and O–H groups in total. The van der Waals surface area contributed by atoms with Crippen molar-refractivity contribution in [2.75, 3.05) is 26.2 Å². The van der Waals surface area contributed by atoms with Gasteiger partial charge in [-0.05, 0) is 19.1 Å². The van der Waals surface area contributed by atoms with Crippen molar-refractivity contribution in [1.29, 1.82) is 0 Å². The highest BCUT2D eigenvalue weighted by Crippen LogP contribution is 2.37. The van der Waals surface area contributed by atoms with Gasteiger partial charge in [0.05, 0.1) is 25.8 Å². The Morgan fingerprint density at radius 2 is 1.95 bits per heavy atom. The van der Waals surface area contributed by atoms with Gasteiger partial charge in [-0.25, -0.2) is 4.79 Å². The number of carbonyl (C=O) groups is 1. The normalized spacial score (nSPS) is 11.6. The van der Waals surface area contributed by atoms with Crippen LogP contribution >= 0.6 is 11.5 Å². The van der Waals surface area contributed by atoms with Gasteiger partial charge in [0.15, 0.2) is 0 Å². The van der Waals surface area contributed by atoms with Crippen LogP contribution < -0.4 is 19.7 Å². The van der Waals surface area contributed by atoms with Crippen LogP contribution in [-0.4, -0.2) is 31.7 Å². The van der Waals surface area contributed by atoms with E-state index >= 15 is 0 Å². The van der Waals surface area contributed by atoms with Gasteiger partial charge in [-0.2, -0.15) is 4.37 Å². The molecule has 1 aromatic heterocycles. The largest absolute Gasteiger partial charge is 0.486 e. The minimum absolute atomic E-state index is 0.214. The van der Waals surface area contributed by atoms with Crippen molar-refractivity contribution in [2.45, 2.75) is 13.0 Å². The predicted molar refractivity (Wildman–Crippen MR) is 87.0 cm³/mol. The second-order valence-corrected chi connectivity index (χ2v) is 5.40. The highest BCUT2D eigenvalue weighted by Gasteiger charge is 2.24. The minimum atomic E-state index is -0.290. The quantitative estimate of drug-likeness (QED) is 0.919. The number of benzene rings is 1. The second-order valence-electron chi connectivity index (χ2n) is 4.66. The van der Waals surface area contributed by atoms with Gasteiger partial charge < -0.3 is 14.8 Å². The van der Waals surface area contributed by atoms with Gasteiger partial charge in [-0.1, -0.05) is 18.2 Å². The van der Waals surface area contributed by atoms with Crippen molar-refractivity contribution in [3.05, 3.63) is 35.9 Å². The van der Waals surface area contributed by atoms with Gasteiger partial charge in [0, 0.05) is 24.3 Å². The third kappa shape index (κ3) is 3.30. The fraction of sp³-hybridized carbons (Fsp3) is 0.333. The fourth-order valence-corrected chi connectivity index (χ4v) is 2.82. The van der Waals surface area contributed by atoms with Crippen molar-refractivity contribution in [1.82, 2.24) is 9.69 Å². The Labute approximate surface area is 133 Å². The molecule has 0 aliphatic rings. The van der Waals surface area contributed by atoms with Crippen LogP contribution in [0.3, 0.4) is 0 Å². The summed E-state index contributed by atoms with van der Waals surface area (Å²) in [7, 11) is 4.83. The summed E-state index contributed by atoms with van der Waals surface area (Å²) < 4.78 is 14.7. The van der Waals surface area contributed by atoms with Crippen LogP contribution in [0.2, 0.25) is 0 Å². The summed E-state index contributed by atoms with van der Waals surface area (Å²) in [5.41, 5.74) is 1.55. The van der Waals surface area contributed by atoms with Crippen molar-refractivity contribution >= 4 is 23.3 Å². The van der Waals surface area contributed by atoms with E-state index in [1.165, 1.54) is 11.5 Å². The molecule has 0 fully saturated rings. The lowest BCUT2D eigenvalue weighted by Crippen LogP contribution is -2.38. The van der Waals surface area contributed by atoms with E-state index < -0.39 is 0 Å². The predicted octanol–water partition coefficient (Wildman–Crippen LogP) is 3.07. The molecule has 1 unspecified atom stereocenters. The molecule has 0 aliphatic carbocycles. The maximum absolute atomic E-state index is 12.4. The Morgan fingerprint density at radius 1 is 1.27 bits per heavy atom. The van der Waals surface area contributed by atoms with E-state index in [0.717, 1.165) is 11.3 Å². The average molecular weight is 321 g/mol. The van der Waals surface area contributed by atoms with Gasteiger partial charge >= 0.3 is 6.03 Å². The molecule has 0 spiro atoms. The number of amides is 2. The maximum Gasteiger partial charge on any atom is 0.322 e. The molecule has 22 heavy (non-hydrogen) atoms. The van der Waals surface area contributed by atoms with Crippen LogP contribution in [0.1, 0.15) is 18.5 Å². The molecule has 7 heteroatoms. The van der Waals surface area contributed by atoms with E-state index in [9.17, 15) is 4.79 Å². The van der Waals surface area contributed by atoms with Crippen LogP contribution in [0.5, 0.6) is 10.9 Å². The lowest BCUT2D eigenvalue weighted by atomic mass is 10.2. The van der Waals surface area contributed by atoms with Crippen LogP contribution in [0.15, 0.2) is 30.3 Å². The summed E-state index contributed by atoms with van der Waals surface area (Å²) in [6.07, 6.45) is 0. The van der Waals surface area contributed by atoms with Gasteiger partial charge in [-0.15, -0.1) is 0 Å². The molecule has 0 aliphatic heterocycles. The lowest BCUT2D eigenvalue weighted by Gasteiger charge is -2.21. The Hall–Kier alpha value is -2.28. The summed E-state index contributed by atoms with van der Waals surface area (Å²) >= 11 is 1.20. The molecular formula is C15H19N3O3S. The number of ether oxygens (including phenoxy) is 2. The SMILES string of the molecule is COc1nsc(OC)c1C(C)NC(=O)N(C)c1ccccc1. The van der Waals surface area contributed by atoms with Crippen LogP contribution in [0.4, 0.5) is 10.5 Å². The second kappa shape index (κ2) is 7.13. The highest BCUT2D eigenvalue weighted by atomic mass is 32.1. The first-order chi connectivity index (χ1) is 10.6. The zero-order valence-electron chi connectivity index (χ0n) is 13.0. The number of para-hydroxylation sites is 1. The number of hydrogen-bond donors (Lipinski definition) is 1. The van der Waals surface area contributed by atoms with E-state index in [1.807, 2.05) is 37.3 Å². The number of carbonyl (C=O) groups excluding carboxylic acids is 1. The number of urea groups is 1. The number of aromatic nitrogens is 1. The van der Waals surface area contributed by atoms with Crippen molar-refractivity contribution in [3.8, 4) is 10.9 Å². The molecule has 2 aromatic rings. The van der Waals surface area contributed by atoms with Crippen molar-refractivity contribution < 1.29 is 14.3 Å². The molecule has 0 saturated heterocycles. The molecule has 2 amide bonds. The fourth-order valence-electron chi connectivity index (χ4n) is 2.05. The van der Waals surface area contributed by atoms with E-state index in [1.54, 1.807) is 26.2 Å². The number of methoxy groups -OCH3 is 2. The Morgan fingerprint density at radius 3 is 2.55 bits per heavy atom. The van der Waals surface area contributed by atoms with Gasteiger partial charge in [0.25, 0.3) is 0 Å². The van der Waals surface area contributed by atoms with E-state index in [4.69, 9.17) is 9.47 Å². The maximum atomic E-state index is 12.4. The molecule has 1 atom stereocenters. The number of hydrogen-bond acceptors (Lipinski definition) is 5. The third-order valence-corrected chi connectivity index (χ3v) is 4.07. The molecule has 2 rings (SSSR count). The zero-order chi connectivity index (χ0) is 16.1. The summed E-state index contributed by atoms with van der Waals surface area (Å²) in [5, 5.41) is 3.56. The lowest BCUT2D eigenvalue weighted by molar-refractivity contribution is 0.244. The standard InChI is InChI=1S/C15H19N3O3S/c1-10(12-13(20-3)17-22-14(12)21-4)16-15(19)18(2)11-8-6-5-7-9-11/h5-10H,1-4H3,(H,16,19). The number of anilines is 1. The Bertz CT molecular complexity index is 609. The van der Waals surface area contributed by atoms with Crippen LogP contribution in [0.25, 0.3) is 0 Å². The van der Waals surface area contributed by atoms with E-state index in [-0.39, 0.29) is 12.1 Å². The molecule has 118 valence electrons. The molecule has 0 saturated carbocycles. The Balaban J connectivity index is 2.13. The molecule has 1 heterocycles. The van der Waals surface area contributed by atoms with Crippen LogP contribution in [-0.2, 0) is 0 Å². The molecule has 0 radical (unpaired) electrons. The summed E-state index contributed by atoms with van der Waals surface area (Å²) in [6.45, 7) is 1.87. The van der Waals surface area contributed by atoms with Crippen molar-refractivity contribution in [3.63, 3.8) is 0 Å². The van der Waals surface area contributed by atoms with E-state index in [2.05, 4.69) is 9.69 Å². The smallest absolute Gasteiger partial charge is 0.322 e. The molecule has 1 aromatic carbocycles. The number of rotatable bonds is 5. The highest BCUT2D eigenvalue weighted by molar-refractivity contribution is 7.08. The molecular weight excluding hydrogens is 302 g/mol. The first kappa shape index (κ1) is 16.1. The van der Waals surface area contributed by atoms with Crippen molar-refractivity contribution in [2.24, 2.45) is 0 Å². The topological polar surface area (TPSA) is 63.7 Å². The van der Waals surface area contributed by atoms with Crippen LogP contribution in [0, 0.1) is 0 Å². The summed E-state index contributed by atoms with van der Waals surface area (Å²) in [6, 6.07) is 8.92. The minimum Gasteiger partial charge on any atom is -0.486 e.